The second kappa shape index (κ2) is 6.74. The Balaban J connectivity index is 1.71. The molecule has 7 nitrogen and oxygen atoms in total. The largest absolute Gasteiger partial charge is 0.481 e. The number of thioether (sulfide) groups is 1. The average molecular weight is 366 g/mol. The third-order valence-corrected chi connectivity index (χ3v) is 6.02. The summed E-state index contributed by atoms with van der Waals surface area (Å²) in [6.07, 6.45) is 2.94. The number of likely N-dealkylation sites (tertiary alicyclic amines) is 2. The van der Waals surface area contributed by atoms with Crippen LogP contribution in [0.4, 0.5) is 0 Å². The maximum atomic E-state index is 12.6. The van der Waals surface area contributed by atoms with Crippen LogP contribution in [0.2, 0.25) is 0 Å². The maximum absolute atomic E-state index is 12.6. The van der Waals surface area contributed by atoms with Crippen molar-refractivity contribution in [2.24, 2.45) is 5.92 Å². The summed E-state index contributed by atoms with van der Waals surface area (Å²) in [5.41, 5.74) is -0.688. The van der Waals surface area contributed by atoms with Gasteiger partial charge in [-0.15, -0.1) is 0 Å². The third-order valence-electron chi connectivity index (χ3n) is 5.44. The molecule has 8 heteroatoms. The van der Waals surface area contributed by atoms with Crippen molar-refractivity contribution in [3.05, 3.63) is 23.7 Å². The Bertz CT molecular complexity index is 693. The molecule has 3 rings (SSSR count). The van der Waals surface area contributed by atoms with E-state index in [9.17, 15) is 19.5 Å². The first kappa shape index (κ1) is 17.8. The van der Waals surface area contributed by atoms with Crippen LogP contribution in [-0.4, -0.2) is 64.6 Å². The summed E-state index contributed by atoms with van der Waals surface area (Å²) in [6.45, 7) is 0.831. The topological polar surface area (TPSA) is 91.1 Å². The van der Waals surface area contributed by atoms with Gasteiger partial charge < -0.3 is 19.3 Å². The highest BCUT2D eigenvalue weighted by Gasteiger charge is 2.55. The highest BCUT2D eigenvalue weighted by Crippen LogP contribution is 2.43. The van der Waals surface area contributed by atoms with E-state index in [1.165, 1.54) is 0 Å². The first-order valence-electron chi connectivity index (χ1n) is 8.25. The molecule has 1 aromatic rings. The number of hydrogen-bond acceptors (Lipinski definition) is 5. The molecule has 2 amide bonds. The molecule has 2 aliphatic heterocycles. The Morgan fingerprint density at radius 2 is 2.04 bits per heavy atom. The Hall–Kier alpha value is -1.96. The standard InChI is InChI=1S/C17H22N2O5S/c1-18-14(20)9-12(16(22)23)17(18)5-7-19(8-6-17)15(21)13-4-3-11(24-13)10-25-2/h3-4,12H,5-10H2,1-2H3,(H,22,23)/t12-/m0/s1. The molecule has 0 saturated carbocycles. The normalized spacial score (nSPS) is 22.6. The van der Waals surface area contributed by atoms with Gasteiger partial charge in [0.05, 0.1) is 17.2 Å². The minimum Gasteiger partial charge on any atom is -0.481 e. The van der Waals surface area contributed by atoms with E-state index in [1.54, 1.807) is 40.7 Å². The molecule has 0 aliphatic carbocycles. The number of carboxylic acid groups (broad SMARTS) is 1. The molecule has 0 bridgehead atoms. The fourth-order valence-electron chi connectivity index (χ4n) is 3.95. The number of furan rings is 1. The summed E-state index contributed by atoms with van der Waals surface area (Å²) >= 11 is 1.62. The molecule has 0 aromatic carbocycles. The first-order chi connectivity index (χ1) is 11.9. The summed E-state index contributed by atoms with van der Waals surface area (Å²) < 4.78 is 5.58. The summed E-state index contributed by atoms with van der Waals surface area (Å²) in [5, 5.41) is 9.50. The van der Waals surface area contributed by atoms with Crippen molar-refractivity contribution in [2.75, 3.05) is 26.4 Å². The lowest BCUT2D eigenvalue weighted by Gasteiger charge is -2.45. The minimum absolute atomic E-state index is 0.0377. The van der Waals surface area contributed by atoms with Crippen LogP contribution in [0.15, 0.2) is 16.5 Å². The van der Waals surface area contributed by atoms with Gasteiger partial charge in [-0.2, -0.15) is 11.8 Å². The molecule has 1 spiro atoms. The van der Waals surface area contributed by atoms with E-state index >= 15 is 0 Å². The van der Waals surface area contributed by atoms with E-state index in [-0.39, 0.29) is 18.2 Å². The highest BCUT2D eigenvalue weighted by atomic mass is 32.2. The number of nitrogens with zero attached hydrogens (tertiary/aromatic N) is 2. The molecule has 2 fully saturated rings. The van der Waals surface area contributed by atoms with Crippen molar-refractivity contribution in [3.8, 4) is 0 Å². The van der Waals surface area contributed by atoms with Crippen molar-refractivity contribution >= 4 is 29.5 Å². The number of amides is 2. The zero-order chi connectivity index (χ0) is 18.2. The Kier molecular flexibility index (Phi) is 4.81. The van der Waals surface area contributed by atoms with Crippen LogP contribution in [0, 0.1) is 5.92 Å². The Morgan fingerprint density at radius 3 is 2.64 bits per heavy atom. The molecule has 3 heterocycles. The van der Waals surface area contributed by atoms with Gasteiger partial charge >= 0.3 is 5.97 Å². The van der Waals surface area contributed by atoms with Crippen LogP contribution in [-0.2, 0) is 15.3 Å². The SMILES string of the molecule is CSCc1ccc(C(=O)N2CCC3(CC2)[C@H](C(=O)O)CC(=O)N3C)o1. The van der Waals surface area contributed by atoms with Gasteiger partial charge in [-0.05, 0) is 31.2 Å². The number of rotatable bonds is 4. The zero-order valence-electron chi connectivity index (χ0n) is 14.4. The number of piperidine rings is 1. The molecular formula is C17H22N2O5S. The number of carbonyl (C=O) groups excluding carboxylic acids is 2. The highest BCUT2D eigenvalue weighted by molar-refractivity contribution is 7.97. The third kappa shape index (κ3) is 3.03. The predicted molar refractivity (Wildman–Crippen MR) is 92.3 cm³/mol. The molecular weight excluding hydrogens is 344 g/mol. The quantitative estimate of drug-likeness (QED) is 0.872. The van der Waals surface area contributed by atoms with E-state index in [2.05, 4.69) is 0 Å². The lowest BCUT2D eigenvalue weighted by molar-refractivity contribution is -0.145. The van der Waals surface area contributed by atoms with Gasteiger partial charge in [-0.1, -0.05) is 0 Å². The molecule has 1 N–H and O–H groups in total. The van der Waals surface area contributed by atoms with Crippen molar-refractivity contribution in [3.63, 3.8) is 0 Å². The lowest BCUT2D eigenvalue weighted by atomic mass is 9.77. The summed E-state index contributed by atoms with van der Waals surface area (Å²) in [6, 6.07) is 3.49. The van der Waals surface area contributed by atoms with Crippen LogP contribution in [0.3, 0.4) is 0 Å². The second-order valence-electron chi connectivity index (χ2n) is 6.64. The molecule has 2 saturated heterocycles. The van der Waals surface area contributed by atoms with Gasteiger partial charge in [0.2, 0.25) is 5.91 Å². The molecule has 1 aromatic heterocycles. The lowest BCUT2D eigenvalue weighted by Crippen LogP contribution is -2.56. The van der Waals surface area contributed by atoms with E-state index in [4.69, 9.17) is 4.42 Å². The number of hydrogen-bond donors (Lipinski definition) is 1. The Morgan fingerprint density at radius 1 is 1.36 bits per heavy atom. The fourth-order valence-corrected chi connectivity index (χ4v) is 4.39. The van der Waals surface area contributed by atoms with E-state index in [1.807, 2.05) is 6.26 Å². The second-order valence-corrected chi connectivity index (χ2v) is 7.51. The van der Waals surface area contributed by atoms with Gasteiger partial charge in [0.1, 0.15) is 5.76 Å². The van der Waals surface area contributed by atoms with Gasteiger partial charge in [0.25, 0.3) is 5.91 Å². The summed E-state index contributed by atoms with van der Waals surface area (Å²) in [7, 11) is 1.67. The van der Waals surface area contributed by atoms with Gasteiger partial charge in [0.15, 0.2) is 5.76 Å². The predicted octanol–water partition coefficient (Wildman–Crippen LogP) is 1.68. The van der Waals surface area contributed by atoms with Crippen molar-refractivity contribution in [1.82, 2.24) is 9.80 Å². The number of aliphatic carboxylic acids is 1. The van der Waals surface area contributed by atoms with Crippen LogP contribution >= 0.6 is 11.8 Å². The Labute approximate surface area is 150 Å². The summed E-state index contributed by atoms with van der Waals surface area (Å²) in [5.74, 6) is -0.184. The molecule has 0 radical (unpaired) electrons. The molecule has 0 unspecified atom stereocenters. The maximum Gasteiger partial charge on any atom is 0.309 e. The molecule has 25 heavy (non-hydrogen) atoms. The number of carboxylic acids is 1. The number of carbonyl (C=O) groups is 3. The van der Waals surface area contributed by atoms with E-state index in [0.717, 1.165) is 5.76 Å². The van der Waals surface area contributed by atoms with E-state index in [0.29, 0.717) is 37.4 Å². The molecule has 2 aliphatic rings. The van der Waals surface area contributed by atoms with Crippen LogP contribution < -0.4 is 0 Å². The minimum atomic E-state index is -0.940. The molecule has 1 atom stereocenters. The van der Waals surface area contributed by atoms with Gasteiger partial charge in [-0.25, -0.2) is 0 Å². The van der Waals surface area contributed by atoms with Crippen molar-refractivity contribution in [1.29, 1.82) is 0 Å². The van der Waals surface area contributed by atoms with Crippen molar-refractivity contribution < 1.29 is 23.9 Å². The first-order valence-corrected chi connectivity index (χ1v) is 9.65. The van der Waals surface area contributed by atoms with E-state index < -0.39 is 17.4 Å². The average Bonchev–Trinajstić information content (AvgIpc) is 3.15. The molecule has 136 valence electrons. The van der Waals surface area contributed by atoms with Crippen LogP contribution in [0.5, 0.6) is 0 Å². The summed E-state index contributed by atoms with van der Waals surface area (Å²) in [4.78, 5) is 39.5. The fraction of sp³-hybridized carbons (Fsp3) is 0.588. The monoisotopic (exact) mass is 366 g/mol. The van der Waals surface area contributed by atoms with Crippen LogP contribution in [0.25, 0.3) is 0 Å². The van der Waals surface area contributed by atoms with Crippen molar-refractivity contribution in [2.45, 2.75) is 30.6 Å². The van der Waals surface area contributed by atoms with Crippen LogP contribution in [0.1, 0.15) is 35.6 Å². The van der Waals surface area contributed by atoms with Gasteiger partial charge in [0, 0.05) is 26.6 Å². The zero-order valence-corrected chi connectivity index (χ0v) is 15.2. The van der Waals surface area contributed by atoms with Gasteiger partial charge in [-0.3, -0.25) is 14.4 Å². The smallest absolute Gasteiger partial charge is 0.309 e.